The van der Waals surface area contributed by atoms with Crippen LogP contribution in [-0.4, -0.2) is 24.2 Å². The standard InChI is InChI=1S/C20H26FN3O.HI/c1-15(8-9-16-6-4-3-5-7-16)24-20(22-2)23-13-17-10-11-19(21)18(12-17)14-25;/h3-7,10-12,15,25H,8-9,13-14H2,1-2H3,(H2,22,23,24);1H. The zero-order chi connectivity index (χ0) is 18.1. The Morgan fingerprint density at radius 2 is 1.88 bits per heavy atom. The fraction of sp³-hybridized carbons (Fsp3) is 0.350. The van der Waals surface area contributed by atoms with Gasteiger partial charge in [-0.15, -0.1) is 24.0 Å². The number of hydrogen-bond acceptors (Lipinski definition) is 2. The van der Waals surface area contributed by atoms with Crippen LogP contribution in [0, 0.1) is 5.82 Å². The highest BCUT2D eigenvalue weighted by Crippen LogP contribution is 2.10. The number of aryl methyl sites for hydroxylation is 1. The second-order valence-electron chi connectivity index (χ2n) is 6.08. The predicted molar refractivity (Wildman–Crippen MR) is 115 cm³/mol. The third-order valence-electron chi connectivity index (χ3n) is 4.06. The zero-order valence-corrected chi connectivity index (χ0v) is 17.5. The molecule has 0 bridgehead atoms. The number of hydrogen-bond donors (Lipinski definition) is 3. The number of aliphatic imine (C=N–C) groups is 1. The minimum absolute atomic E-state index is 0. The highest BCUT2D eigenvalue weighted by molar-refractivity contribution is 14.0. The first-order chi connectivity index (χ1) is 12.1. The molecule has 2 aromatic rings. The average Bonchev–Trinajstić information content (AvgIpc) is 2.65. The van der Waals surface area contributed by atoms with E-state index in [1.54, 1.807) is 19.2 Å². The lowest BCUT2D eigenvalue weighted by Crippen LogP contribution is -2.42. The number of benzene rings is 2. The van der Waals surface area contributed by atoms with Crippen molar-refractivity contribution in [1.82, 2.24) is 10.6 Å². The van der Waals surface area contributed by atoms with Gasteiger partial charge in [0.05, 0.1) is 6.61 Å². The SMILES string of the molecule is CN=C(NCc1ccc(F)c(CO)c1)NC(C)CCc1ccccc1.I. The molecule has 3 N–H and O–H groups in total. The first-order valence-corrected chi connectivity index (χ1v) is 8.51. The molecular weight excluding hydrogens is 444 g/mol. The van der Waals surface area contributed by atoms with E-state index in [1.807, 2.05) is 6.07 Å². The summed E-state index contributed by atoms with van der Waals surface area (Å²) in [6.45, 7) is 2.33. The molecule has 0 aliphatic carbocycles. The monoisotopic (exact) mass is 471 g/mol. The number of guanidine groups is 1. The van der Waals surface area contributed by atoms with Gasteiger partial charge in [-0.2, -0.15) is 0 Å². The average molecular weight is 471 g/mol. The largest absolute Gasteiger partial charge is 0.392 e. The maximum absolute atomic E-state index is 13.4. The molecule has 1 unspecified atom stereocenters. The predicted octanol–water partition coefficient (Wildman–Crippen LogP) is 3.62. The summed E-state index contributed by atoms with van der Waals surface area (Å²) < 4.78 is 13.4. The highest BCUT2D eigenvalue weighted by Gasteiger charge is 2.07. The Kier molecular flexibility index (Phi) is 10.2. The van der Waals surface area contributed by atoms with Crippen molar-refractivity contribution in [1.29, 1.82) is 0 Å². The maximum atomic E-state index is 13.4. The molecule has 2 aromatic carbocycles. The van der Waals surface area contributed by atoms with Gasteiger partial charge in [0.1, 0.15) is 5.82 Å². The Bertz CT molecular complexity index is 695. The molecule has 26 heavy (non-hydrogen) atoms. The molecule has 142 valence electrons. The third-order valence-corrected chi connectivity index (χ3v) is 4.06. The molecule has 2 rings (SSSR count). The molecule has 0 aromatic heterocycles. The van der Waals surface area contributed by atoms with Gasteiger partial charge in [0.25, 0.3) is 0 Å². The summed E-state index contributed by atoms with van der Waals surface area (Å²) >= 11 is 0. The summed E-state index contributed by atoms with van der Waals surface area (Å²) in [5, 5.41) is 15.7. The van der Waals surface area contributed by atoms with Gasteiger partial charge in [0.2, 0.25) is 0 Å². The molecular formula is C20H27FIN3O. The van der Waals surface area contributed by atoms with Crippen LogP contribution in [0.5, 0.6) is 0 Å². The van der Waals surface area contributed by atoms with Gasteiger partial charge in [-0.05, 0) is 43.0 Å². The van der Waals surface area contributed by atoms with Crippen LogP contribution in [0.4, 0.5) is 4.39 Å². The van der Waals surface area contributed by atoms with E-state index in [4.69, 9.17) is 5.11 Å². The first kappa shape index (κ1) is 22.4. The third kappa shape index (κ3) is 7.29. The van der Waals surface area contributed by atoms with Crippen molar-refractivity contribution in [3.8, 4) is 0 Å². The molecule has 0 saturated heterocycles. The zero-order valence-electron chi connectivity index (χ0n) is 15.2. The van der Waals surface area contributed by atoms with Crippen LogP contribution in [0.25, 0.3) is 0 Å². The Hall–Kier alpha value is -1.67. The van der Waals surface area contributed by atoms with Crippen LogP contribution < -0.4 is 10.6 Å². The lowest BCUT2D eigenvalue weighted by atomic mass is 10.1. The number of nitrogens with one attached hydrogen (secondary N) is 2. The number of aliphatic hydroxyl groups excluding tert-OH is 1. The Morgan fingerprint density at radius 3 is 2.54 bits per heavy atom. The van der Waals surface area contributed by atoms with Gasteiger partial charge in [-0.3, -0.25) is 4.99 Å². The van der Waals surface area contributed by atoms with Crippen LogP contribution in [0.2, 0.25) is 0 Å². The van der Waals surface area contributed by atoms with E-state index in [0.29, 0.717) is 18.1 Å². The fourth-order valence-electron chi connectivity index (χ4n) is 2.57. The topological polar surface area (TPSA) is 56.7 Å². The van der Waals surface area contributed by atoms with Crippen LogP contribution in [0.3, 0.4) is 0 Å². The van der Waals surface area contributed by atoms with Gasteiger partial charge in [-0.1, -0.05) is 36.4 Å². The lowest BCUT2D eigenvalue weighted by molar-refractivity contribution is 0.275. The first-order valence-electron chi connectivity index (χ1n) is 8.51. The molecule has 4 nitrogen and oxygen atoms in total. The van der Waals surface area contributed by atoms with Crippen molar-refractivity contribution >= 4 is 29.9 Å². The molecule has 0 saturated carbocycles. The van der Waals surface area contributed by atoms with Gasteiger partial charge in [0, 0.05) is 25.2 Å². The van der Waals surface area contributed by atoms with Gasteiger partial charge in [-0.25, -0.2) is 4.39 Å². The van der Waals surface area contributed by atoms with Gasteiger partial charge < -0.3 is 15.7 Å². The normalized spacial score (nSPS) is 12.2. The summed E-state index contributed by atoms with van der Waals surface area (Å²) in [6, 6.07) is 15.4. The quantitative estimate of drug-likeness (QED) is 0.329. The highest BCUT2D eigenvalue weighted by atomic mass is 127. The van der Waals surface area contributed by atoms with Crippen molar-refractivity contribution in [2.75, 3.05) is 7.05 Å². The van der Waals surface area contributed by atoms with Gasteiger partial charge >= 0.3 is 0 Å². The van der Waals surface area contributed by atoms with E-state index in [9.17, 15) is 4.39 Å². The molecule has 0 heterocycles. The summed E-state index contributed by atoms with van der Waals surface area (Å²) in [6.07, 6.45) is 2.00. The summed E-state index contributed by atoms with van der Waals surface area (Å²) in [7, 11) is 1.73. The molecule has 0 fully saturated rings. The molecule has 0 aliphatic heterocycles. The van der Waals surface area contributed by atoms with E-state index in [-0.39, 0.29) is 42.4 Å². The molecule has 0 amide bonds. The minimum Gasteiger partial charge on any atom is -0.392 e. The van der Waals surface area contributed by atoms with Gasteiger partial charge in [0.15, 0.2) is 5.96 Å². The minimum atomic E-state index is -0.386. The van der Waals surface area contributed by atoms with Crippen molar-refractivity contribution < 1.29 is 9.50 Å². The van der Waals surface area contributed by atoms with Crippen molar-refractivity contribution in [2.45, 2.75) is 39.0 Å². The maximum Gasteiger partial charge on any atom is 0.191 e. The summed E-state index contributed by atoms with van der Waals surface area (Å²) in [5.74, 6) is 0.318. The number of nitrogens with zero attached hydrogens (tertiary/aromatic N) is 1. The van der Waals surface area contributed by atoms with E-state index in [0.717, 1.165) is 18.4 Å². The lowest BCUT2D eigenvalue weighted by Gasteiger charge is -2.18. The van der Waals surface area contributed by atoms with Crippen molar-refractivity contribution in [3.63, 3.8) is 0 Å². The smallest absolute Gasteiger partial charge is 0.191 e. The summed E-state index contributed by atoms with van der Waals surface area (Å²) in [4.78, 5) is 4.23. The van der Waals surface area contributed by atoms with Crippen molar-refractivity contribution in [3.05, 3.63) is 71.0 Å². The molecule has 0 aliphatic rings. The molecule has 6 heteroatoms. The van der Waals surface area contributed by atoms with Crippen LogP contribution in [0.15, 0.2) is 53.5 Å². The Balaban J connectivity index is 0.00000338. The van der Waals surface area contributed by atoms with Crippen LogP contribution >= 0.6 is 24.0 Å². The van der Waals surface area contributed by atoms with E-state index in [1.165, 1.54) is 11.6 Å². The molecule has 0 radical (unpaired) electrons. The Morgan fingerprint density at radius 1 is 1.15 bits per heavy atom. The van der Waals surface area contributed by atoms with Crippen LogP contribution in [0.1, 0.15) is 30.0 Å². The second-order valence-corrected chi connectivity index (χ2v) is 6.08. The van der Waals surface area contributed by atoms with Crippen LogP contribution in [-0.2, 0) is 19.6 Å². The number of aliphatic hydroxyl groups is 1. The van der Waals surface area contributed by atoms with E-state index < -0.39 is 0 Å². The van der Waals surface area contributed by atoms with E-state index >= 15 is 0 Å². The fourth-order valence-corrected chi connectivity index (χ4v) is 2.57. The Labute approximate surface area is 172 Å². The second kappa shape index (κ2) is 11.9. The van der Waals surface area contributed by atoms with E-state index in [2.05, 4.69) is 46.8 Å². The number of rotatable bonds is 7. The van der Waals surface area contributed by atoms with Crippen molar-refractivity contribution in [2.24, 2.45) is 4.99 Å². The molecule has 0 spiro atoms. The summed E-state index contributed by atoms with van der Waals surface area (Å²) in [5.41, 5.74) is 2.52. The number of halogens is 2. The molecule has 1 atom stereocenters.